The van der Waals surface area contributed by atoms with Gasteiger partial charge in [-0.3, -0.25) is 4.79 Å². The predicted octanol–water partition coefficient (Wildman–Crippen LogP) is 0.790. The van der Waals surface area contributed by atoms with Crippen molar-refractivity contribution in [3.8, 4) is 5.75 Å². The lowest BCUT2D eigenvalue weighted by Crippen LogP contribution is -2.27. The normalized spacial score (nSPS) is 10.1. The van der Waals surface area contributed by atoms with Crippen molar-refractivity contribution in [2.24, 2.45) is 5.73 Å². The average molecular weight is 252 g/mol. The summed E-state index contributed by atoms with van der Waals surface area (Å²) in [7, 11) is 0. The smallest absolute Gasteiger partial charge is 0.251 e. The molecule has 100 valence electrons. The van der Waals surface area contributed by atoms with Crippen LogP contribution in [0.3, 0.4) is 0 Å². The molecule has 5 heteroatoms. The Morgan fingerprint density at radius 1 is 1.28 bits per heavy atom. The maximum Gasteiger partial charge on any atom is 0.251 e. The van der Waals surface area contributed by atoms with Gasteiger partial charge in [0.1, 0.15) is 5.75 Å². The lowest BCUT2D eigenvalue weighted by molar-refractivity contribution is 0.0920. The third-order valence-corrected chi connectivity index (χ3v) is 2.22. The highest BCUT2D eigenvalue weighted by molar-refractivity contribution is 5.94. The number of carbonyl (C=O) groups is 1. The van der Waals surface area contributed by atoms with Crippen molar-refractivity contribution < 1.29 is 14.3 Å². The molecule has 0 atom stereocenters. The number of ether oxygens (including phenoxy) is 2. The van der Waals surface area contributed by atoms with E-state index in [1.165, 1.54) is 0 Å². The fraction of sp³-hybridized carbons (Fsp3) is 0.462. The molecule has 1 amide bonds. The minimum atomic E-state index is -0.116. The summed E-state index contributed by atoms with van der Waals surface area (Å²) in [6.45, 7) is 4.49. The van der Waals surface area contributed by atoms with E-state index < -0.39 is 0 Å². The number of carbonyl (C=O) groups excluding carboxylic acids is 1. The Kier molecular flexibility index (Phi) is 6.83. The Balaban J connectivity index is 2.32. The first-order valence-corrected chi connectivity index (χ1v) is 6.06. The third kappa shape index (κ3) is 5.16. The van der Waals surface area contributed by atoms with Crippen molar-refractivity contribution in [3.05, 3.63) is 29.8 Å². The standard InChI is InChI=1S/C13H20N2O3/c1-2-18-12-5-3-11(4-6-12)13(16)15-8-10-17-9-7-14/h3-6H,2,7-10,14H2,1H3,(H,15,16). The molecule has 18 heavy (non-hydrogen) atoms. The van der Waals surface area contributed by atoms with Gasteiger partial charge in [-0.15, -0.1) is 0 Å². The monoisotopic (exact) mass is 252 g/mol. The van der Waals surface area contributed by atoms with Crippen LogP contribution in [-0.2, 0) is 4.74 Å². The zero-order valence-electron chi connectivity index (χ0n) is 10.6. The summed E-state index contributed by atoms with van der Waals surface area (Å²) < 4.78 is 10.5. The van der Waals surface area contributed by atoms with Gasteiger partial charge in [-0.25, -0.2) is 0 Å². The summed E-state index contributed by atoms with van der Waals surface area (Å²) in [5.74, 6) is 0.648. The maximum atomic E-state index is 11.7. The van der Waals surface area contributed by atoms with Crippen molar-refractivity contribution in [2.75, 3.05) is 32.9 Å². The minimum Gasteiger partial charge on any atom is -0.494 e. The molecular formula is C13H20N2O3. The van der Waals surface area contributed by atoms with E-state index in [2.05, 4.69) is 5.32 Å². The van der Waals surface area contributed by atoms with Gasteiger partial charge in [0.2, 0.25) is 0 Å². The molecule has 3 N–H and O–H groups in total. The van der Waals surface area contributed by atoms with Gasteiger partial charge in [-0.1, -0.05) is 0 Å². The van der Waals surface area contributed by atoms with E-state index >= 15 is 0 Å². The van der Waals surface area contributed by atoms with Crippen molar-refractivity contribution in [1.29, 1.82) is 0 Å². The van der Waals surface area contributed by atoms with E-state index in [0.29, 0.717) is 38.5 Å². The molecule has 0 saturated carbocycles. The van der Waals surface area contributed by atoms with Gasteiger partial charge >= 0.3 is 0 Å². The van der Waals surface area contributed by atoms with Crippen molar-refractivity contribution in [1.82, 2.24) is 5.32 Å². The van der Waals surface area contributed by atoms with Crippen LogP contribution in [0.25, 0.3) is 0 Å². The molecule has 0 spiro atoms. The zero-order valence-corrected chi connectivity index (χ0v) is 10.6. The van der Waals surface area contributed by atoms with Crippen LogP contribution in [0.4, 0.5) is 0 Å². The summed E-state index contributed by atoms with van der Waals surface area (Å²) in [5.41, 5.74) is 5.88. The first kappa shape index (κ1) is 14.5. The fourth-order valence-electron chi connectivity index (χ4n) is 1.39. The van der Waals surface area contributed by atoms with E-state index in [0.717, 1.165) is 5.75 Å². The lowest BCUT2D eigenvalue weighted by atomic mass is 10.2. The molecular weight excluding hydrogens is 232 g/mol. The number of hydrogen-bond donors (Lipinski definition) is 2. The first-order chi connectivity index (χ1) is 8.77. The van der Waals surface area contributed by atoms with Crippen LogP contribution in [-0.4, -0.2) is 38.8 Å². The summed E-state index contributed by atoms with van der Waals surface area (Å²) in [6.07, 6.45) is 0. The lowest BCUT2D eigenvalue weighted by Gasteiger charge is -2.07. The second-order valence-electron chi connectivity index (χ2n) is 3.61. The van der Waals surface area contributed by atoms with Crippen LogP contribution in [0.5, 0.6) is 5.75 Å². The molecule has 1 aromatic carbocycles. The topological polar surface area (TPSA) is 73.6 Å². The largest absolute Gasteiger partial charge is 0.494 e. The molecule has 0 aliphatic rings. The molecule has 5 nitrogen and oxygen atoms in total. The third-order valence-electron chi connectivity index (χ3n) is 2.22. The van der Waals surface area contributed by atoms with E-state index in [4.69, 9.17) is 15.2 Å². The number of rotatable bonds is 8. The predicted molar refractivity (Wildman–Crippen MR) is 69.8 cm³/mol. The fourth-order valence-corrected chi connectivity index (χ4v) is 1.39. The molecule has 1 rings (SSSR count). The Morgan fingerprint density at radius 2 is 2.00 bits per heavy atom. The maximum absolute atomic E-state index is 11.7. The first-order valence-electron chi connectivity index (χ1n) is 6.06. The van der Waals surface area contributed by atoms with Gasteiger partial charge in [0.05, 0.1) is 19.8 Å². The number of amides is 1. The highest BCUT2D eigenvalue weighted by Crippen LogP contribution is 2.11. The summed E-state index contributed by atoms with van der Waals surface area (Å²) in [6, 6.07) is 7.04. The molecule has 0 aromatic heterocycles. The molecule has 0 heterocycles. The summed E-state index contributed by atoms with van der Waals surface area (Å²) >= 11 is 0. The number of hydrogen-bond acceptors (Lipinski definition) is 4. The molecule has 1 aromatic rings. The highest BCUT2D eigenvalue weighted by atomic mass is 16.5. The molecule has 0 unspecified atom stereocenters. The number of benzene rings is 1. The van der Waals surface area contributed by atoms with Crippen LogP contribution in [0.15, 0.2) is 24.3 Å². The summed E-state index contributed by atoms with van der Waals surface area (Å²) in [4.78, 5) is 11.7. The Hall–Kier alpha value is -1.59. The Morgan fingerprint density at radius 3 is 2.61 bits per heavy atom. The van der Waals surface area contributed by atoms with Gasteiger partial charge in [0, 0.05) is 18.7 Å². The average Bonchev–Trinajstić information content (AvgIpc) is 2.39. The van der Waals surface area contributed by atoms with Gasteiger partial charge in [-0.2, -0.15) is 0 Å². The highest BCUT2D eigenvalue weighted by Gasteiger charge is 2.04. The molecule has 0 fully saturated rings. The van der Waals surface area contributed by atoms with E-state index in [1.807, 2.05) is 6.92 Å². The zero-order chi connectivity index (χ0) is 13.2. The van der Waals surface area contributed by atoms with Crippen molar-refractivity contribution >= 4 is 5.91 Å². The molecule has 0 aliphatic heterocycles. The SMILES string of the molecule is CCOc1ccc(C(=O)NCCOCCN)cc1. The minimum absolute atomic E-state index is 0.116. The second-order valence-corrected chi connectivity index (χ2v) is 3.61. The Labute approximate surface area is 107 Å². The van der Waals surface area contributed by atoms with Crippen LogP contribution in [0.1, 0.15) is 17.3 Å². The van der Waals surface area contributed by atoms with Crippen LogP contribution in [0, 0.1) is 0 Å². The number of nitrogens with one attached hydrogen (secondary N) is 1. The quantitative estimate of drug-likeness (QED) is 0.671. The molecule has 0 bridgehead atoms. The summed E-state index contributed by atoms with van der Waals surface area (Å²) in [5, 5.41) is 2.76. The van der Waals surface area contributed by atoms with Gasteiger partial charge in [0.15, 0.2) is 0 Å². The van der Waals surface area contributed by atoms with E-state index in [1.54, 1.807) is 24.3 Å². The molecule has 0 saturated heterocycles. The van der Waals surface area contributed by atoms with E-state index in [9.17, 15) is 4.79 Å². The van der Waals surface area contributed by atoms with Gasteiger partial charge < -0.3 is 20.5 Å². The molecule has 0 radical (unpaired) electrons. The number of nitrogens with two attached hydrogens (primary N) is 1. The van der Waals surface area contributed by atoms with Crippen LogP contribution < -0.4 is 15.8 Å². The van der Waals surface area contributed by atoms with E-state index in [-0.39, 0.29) is 5.91 Å². The second kappa shape index (κ2) is 8.49. The Bertz CT molecular complexity index is 352. The van der Waals surface area contributed by atoms with Crippen LogP contribution in [0.2, 0.25) is 0 Å². The van der Waals surface area contributed by atoms with Gasteiger partial charge in [-0.05, 0) is 31.2 Å². The van der Waals surface area contributed by atoms with Gasteiger partial charge in [0.25, 0.3) is 5.91 Å². The molecule has 0 aliphatic carbocycles. The van der Waals surface area contributed by atoms with Crippen molar-refractivity contribution in [3.63, 3.8) is 0 Å². The van der Waals surface area contributed by atoms with Crippen molar-refractivity contribution in [2.45, 2.75) is 6.92 Å². The van der Waals surface area contributed by atoms with Crippen LogP contribution >= 0.6 is 0 Å².